The van der Waals surface area contributed by atoms with E-state index < -0.39 is 5.97 Å². The predicted octanol–water partition coefficient (Wildman–Crippen LogP) is 2.50. The zero-order chi connectivity index (χ0) is 12.6. The Morgan fingerprint density at radius 3 is 2.59 bits per heavy atom. The van der Waals surface area contributed by atoms with Crippen LogP contribution < -0.4 is 0 Å². The average molecular weight is 230 g/mol. The van der Waals surface area contributed by atoms with Gasteiger partial charge in [-0.05, 0) is 38.5 Å². The molecule has 4 nitrogen and oxygen atoms in total. The maximum Gasteiger partial charge on any atom is 0.337 e. The lowest BCUT2D eigenvalue weighted by Gasteiger charge is -2.11. The van der Waals surface area contributed by atoms with E-state index in [0.29, 0.717) is 5.56 Å². The molecule has 88 valence electrons. The first kappa shape index (κ1) is 11.4. The van der Waals surface area contributed by atoms with Gasteiger partial charge in [0.05, 0.1) is 11.3 Å². The summed E-state index contributed by atoms with van der Waals surface area (Å²) in [7, 11) is 0. The number of aromatic nitrogens is 2. The van der Waals surface area contributed by atoms with E-state index in [0.717, 1.165) is 22.6 Å². The molecule has 0 aliphatic heterocycles. The van der Waals surface area contributed by atoms with E-state index in [-0.39, 0.29) is 0 Å². The van der Waals surface area contributed by atoms with Crippen molar-refractivity contribution in [1.82, 2.24) is 9.55 Å². The van der Waals surface area contributed by atoms with Crippen molar-refractivity contribution in [3.05, 3.63) is 47.0 Å². The summed E-state index contributed by atoms with van der Waals surface area (Å²) in [6.07, 6.45) is 3.48. The molecular formula is C13H14N2O2. The topological polar surface area (TPSA) is 55.1 Å². The van der Waals surface area contributed by atoms with Crippen molar-refractivity contribution >= 4 is 5.97 Å². The predicted molar refractivity (Wildman–Crippen MR) is 64.7 cm³/mol. The highest BCUT2D eigenvalue weighted by molar-refractivity contribution is 5.89. The fourth-order valence-corrected chi connectivity index (χ4v) is 2.07. The number of aromatic carboxylic acids is 1. The minimum atomic E-state index is -0.893. The minimum absolute atomic E-state index is 0.346. The largest absolute Gasteiger partial charge is 0.478 e. The van der Waals surface area contributed by atoms with Crippen LogP contribution in [0.25, 0.3) is 5.69 Å². The summed E-state index contributed by atoms with van der Waals surface area (Å²) in [6.45, 7) is 5.68. The summed E-state index contributed by atoms with van der Waals surface area (Å²) in [5.74, 6) is -0.893. The molecule has 0 aliphatic rings. The Kier molecular flexibility index (Phi) is 2.71. The summed E-state index contributed by atoms with van der Waals surface area (Å²) in [6, 6.07) is 3.58. The molecule has 1 N–H and O–H groups in total. The van der Waals surface area contributed by atoms with E-state index in [4.69, 9.17) is 5.11 Å². The smallest absolute Gasteiger partial charge is 0.337 e. The number of hydrogen-bond acceptors (Lipinski definition) is 2. The maximum atomic E-state index is 11.1. The van der Waals surface area contributed by atoms with Crippen LogP contribution in [0.15, 0.2) is 24.5 Å². The van der Waals surface area contributed by atoms with Crippen molar-refractivity contribution in [1.29, 1.82) is 0 Å². The van der Waals surface area contributed by atoms with Gasteiger partial charge in [-0.25, -0.2) is 4.79 Å². The van der Waals surface area contributed by atoms with Gasteiger partial charge < -0.3 is 9.67 Å². The molecule has 0 amide bonds. The maximum absolute atomic E-state index is 11.1. The van der Waals surface area contributed by atoms with E-state index in [1.54, 1.807) is 18.5 Å². The second-order valence-corrected chi connectivity index (χ2v) is 4.09. The number of carboxylic acid groups (broad SMARTS) is 1. The SMILES string of the molecule is Cc1cnccc1-n1c(C)cc(C(=O)O)c1C. The highest BCUT2D eigenvalue weighted by atomic mass is 16.4. The summed E-state index contributed by atoms with van der Waals surface area (Å²) in [5, 5.41) is 9.09. The molecule has 0 saturated carbocycles. The lowest BCUT2D eigenvalue weighted by Crippen LogP contribution is -2.04. The monoisotopic (exact) mass is 230 g/mol. The highest BCUT2D eigenvalue weighted by Gasteiger charge is 2.16. The van der Waals surface area contributed by atoms with Gasteiger partial charge in [-0.1, -0.05) is 0 Å². The molecule has 0 bridgehead atoms. The first-order chi connectivity index (χ1) is 8.02. The van der Waals surface area contributed by atoms with Crippen LogP contribution in [0.4, 0.5) is 0 Å². The first-order valence-electron chi connectivity index (χ1n) is 5.35. The van der Waals surface area contributed by atoms with Crippen molar-refractivity contribution in [3.8, 4) is 5.69 Å². The van der Waals surface area contributed by atoms with E-state index in [1.807, 2.05) is 31.4 Å². The van der Waals surface area contributed by atoms with Gasteiger partial charge in [0.15, 0.2) is 0 Å². The molecule has 0 saturated heterocycles. The van der Waals surface area contributed by atoms with Crippen LogP contribution in [0.5, 0.6) is 0 Å². The van der Waals surface area contributed by atoms with Crippen LogP contribution in [0.3, 0.4) is 0 Å². The third-order valence-corrected chi connectivity index (χ3v) is 2.89. The second kappa shape index (κ2) is 4.05. The molecule has 2 aromatic rings. The molecule has 4 heteroatoms. The van der Waals surface area contributed by atoms with Crippen LogP contribution in [-0.2, 0) is 0 Å². The van der Waals surface area contributed by atoms with E-state index in [9.17, 15) is 4.79 Å². The summed E-state index contributed by atoms with van der Waals surface area (Å²) in [5.41, 5.74) is 3.99. The van der Waals surface area contributed by atoms with E-state index >= 15 is 0 Å². The Hall–Kier alpha value is -2.10. The molecule has 17 heavy (non-hydrogen) atoms. The number of carbonyl (C=O) groups is 1. The van der Waals surface area contributed by atoms with E-state index in [1.165, 1.54) is 0 Å². The van der Waals surface area contributed by atoms with Crippen LogP contribution in [0.2, 0.25) is 0 Å². The molecule has 2 aromatic heterocycles. The third-order valence-electron chi connectivity index (χ3n) is 2.89. The van der Waals surface area contributed by atoms with Crippen LogP contribution in [0.1, 0.15) is 27.3 Å². The summed E-state index contributed by atoms with van der Waals surface area (Å²) < 4.78 is 1.94. The third kappa shape index (κ3) is 1.82. The summed E-state index contributed by atoms with van der Waals surface area (Å²) in [4.78, 5) is 15.1. The zero-order valence-electron chi connectivity index (χ0n) is 10.1. The number of pyridine rings is 1. The summed E-state index contributed by atoms with van der Waals surface area (Å²) >= 11 is 0. The van der Waals surface area contributed by atoms with Gasteiger partial charge in [0, 0.05) is 23.8 Å². The Balaban J connectivity index is 2.69. The minimum Gasteiger partial charge on any atom is -0.478 e. The van der Waals surface area contributed by atoms with Gasteiger partial charge >= 0.3 is 5.97 Å². The van der Waals surface area contributed by atoms with Crippen molar-refractivity contribution in [2.45, 2.75) is 20.8 Å². The lowest BCUT2D eigenvalue weighted by molar-refractivity contribution is 0.0696. The van der Waals surface area contributed by atoms with Crippen molar-refractivity contribution in [3.63, 3.8) is 0 Å². The zero-order valence-corrected chi connectivity index (χ0v) is 10.1. The number of hydrogen-bond donors (Lipinski definition) is 1. The van der Waals surface area contributed by atoms with Crippen molar-refractivity contribution in [2.75, 3.05) is 0 Å². The Bertz CT molecular complexity index is 585. The second-order valence-electron chi connectivity index (χ2n) is 4.09. The Morgan fingerprint density at radius 2 is 2.06 bits per heavy atom. The van der Waals surface area contributed by atoms with Gasteiger partial charge in [0.2, 0.25) is 0 Å². The molecule has 0 fully saturated rings. The fourth-order valence-electron chi connectivity index (χ4n) is 2.07. The number of carboxylic acids is 1. The quantitative estimate of drug-likeness (QED) is 0.862. The fraction of sp³-hybridized carbons (Fsp3) is 0.231. The van der Waals surface area contributed by atoms with E-state index in [2.05, 4.69) is 4.98 Å². The van der Waals surface area contributed by atoms with Gasteiger partial charge in [-0.15, -0.1) is 0 Å². The Labute approximate surface area is 99.5 Å². The molecule has 2 heterocycles. The molecule has 0 spiro atoms. The lowest BCUT2D eigenvalue weighted by atomic mass is 10.2. The first-order valence-corrected chi connectivity index (χ1v) is 5.35. The molecule has 0 atom stereocenters. The van der Waals surface area contributed by atoms with Gasteiger partial charge in [-0.3, -0.25) is 4.98 Å². The van der Waals surface area contributed by atoms with Crippen LogP contribution >= 0.6 is 0 Å². The van der Waals surface area contributed by atoms with Crippen molar-refractivity contribution in [2.24, 2.45) is 0 Å². The van der Waals surface area contributed by atoms with Crippen LogP contribution in [-0.4, -0.2) is 20.6 Å². The van der Waals surface area contributed by atoms with Gasteiger partial charge in [0.1, 0.15) is 0 Å². The number of rotatable bonds is 2. The molecule has 0 unspecified atom stereocenters. The molecule has 0 aromatic carbocycles. The average Bonchev–Trinajstić information content (AvgIpc) is 2.56. The molecule has 2 rings (SSSR count). The number of nitrogens with zero attached hydrogens (tertiary/aromatic N) is 2. The van der Waals surface area contributed by atoms with Crippen molar-refractivity contribution < 1.29 is 9.90 Å². The highest BCUT2D eigenvalue weighted by Crippen LogP contribution is 2.22. The van der Waals surface area contributed by atoms with Gasteiger partial charge in [-0.2, -0.15) is 0 Å². The standard InChI is InChI=1S/C13H14N2O2/c1-8-7-14-5-4-12(8)15-9(2)6-11(10(15)3)13(16)17/h4-7H,1-3H3,(H,16,17). The van der Waals surface area contributed by atoms with Gasteiger partial charge in [0.25, 0.3) is 0 Å². The molecule has 0 radical (unpaired) electrons. The number of aryl methyl sites for hydroxylation is 2. The molecular weight excluding hydrogens is 216 g/mol. The van der Waals surface area contributed by atoms with Crippen LogP contribution in [0, 0.1) is 20.8 Å². The molecule has 0 aliphatic carbocycles. The Morgan fingerprint density at radius 1 is 1.35 bits per heavy atom. The normalized spacial score (nSPS) is 10.5.